The van der Waals surface area contributed by atoms with Gasteiger partial charge in [-0.1, -0.05) is 0 Å². The van der Waals surface area contributed by atoms with Crippen molar-refractivity contribution in [2.24, 2.45) is 0 Å². The van der Waals surface area contributed by atoms with Gasteiger partial charge in [0.25, 0.3) is 0 Å². The van der Waals surface area contributed by atoms with E-state index in [2.05, 4.69) is 10.1 Å². The molecule has 7 heteroatoms. The first-order chi connectivity index (χ1) is 10.4. The highest BCUT2D eigenvalue weighted by Gasteiger charge is 2.33. The minimum absolute atomic E-state index is 0.358. The largest absolute Gasteiger partial charge is 0.497 e. The molecule has 2 heterocycles. The van der Waals surface area contributed by atoms with Gasteiger partial charge in [0.1, 0.15) is 5.75 Å². The van der Waals surface area contributed by atoms with Crippen LogP contribution in [0.5, 0.6) is 5.75 Å². The molecule has 0 N–H and O–H groups in total. The van der Waals surface area contributed by atoms with E-state index in [1.807, 2.05) is 12.1 Å². The average molecular weight is 307 g/mol. The Balaban J connectivity index is 2.13. The number of hydrogen-bond acceptors (Lipinski definition) is 3. The Labute approximate surface area is 124 Å². The van der Waals surface area contributed by atoms with Gasteiger partial charge >= 0.3 is 6.18 Å². The second-order valence-corrected chi connectivity index (χ2v) is 4.83. The molecule has 0 unspecified atom stereocenters. The maximum absolute atomic E-state index is 12.7. The molecule has 0 amide bonds. The number of ether oxygens (including phenoxy) is 1. The number of rotatable bonds is 2. The van der Waals surface area contributed by atoms with E-state index < -0.39 is 11.9 Å². The number of fused-ring (bicyclic) bond motifs is 1. The number of hydrogen-bond donors (Lipinski definition) is 0. The minimum atomic E-state index is -4.47. The third-order valence-corrected chi connectivity index (χ3v) is 3.29. The van der Waals surface area contributed by atoms with Crippen molar-refractivity contribution in [3.05, 3.63) is 47.8 Å². The van der Waals surface area contributed by atoms with Gasteiger partial charge in [-0.05, 0) is 36.8 Å². The molecular formula is C15H12F3N3O. The van der Waals surface area contributed by atoms with E-state index in [9.17, 15) is 13.2 Å². The molecule has 0 aliphatic carbocycles. The Hall–Kier alpha value is -2.57. The predicted octanol–water partition coefficient (Wildman–Crippen LogP) is 3.76. The minimum Gasteiger partial charge on any atom is -0.497 e. The van der Waals surface area contributed by atoms with E-state index >= 15 is 0 Å². The summed E-state index contributed by atoms with van der Waals surface area (Å²) in [5.41, 5.74) is 0.415. The highest BCUT2D eigenvalue weighted by atomic mass is 19.4. The number of nitrogens with zero attached hydrogens (tertiary/aromatic N) is 3. The van der Waals surface area contributed by atoms with E-state index in [4.69, 9.17) is 4.74 Å². The molecule has 1 aromatic carbocycles. The summed E-state index contributed by atoms with van der Waals surface area (Å²) in [6, 6.07) is 8.16. The van der Waals surface area contributed by atoms with Gasteiger partial charge in [-0.25, -0.2) is 9.67 Å². The fraction of sp³-hybridized carbons (Fsp3) is 0.200. The van der Waals surface area contributed by atoms with Crippen LogP contribution in [-0.2, 0) is 6.18 Å². The van der Waals surface area contributed by atoms with Crippen molar-refractivity contribution < 1.29 is 17.9 Å². The van der Waals surface area contributed by atoms with Gasteiger partial charge in [0, 0.05) is 17.6 Å². The molecule has 0 radical (unpaired) electrons. The van der Waals surface area contributed by atoms with Crippen molar-refractivity contribution in [3.63, 3.8) is 0 Å². The van der Waals surface area contributed by atoms with Crippen LogP contribution in [-0.4, -0.2) is 21.9 Å². The molecule has 2 aromatic heterocycles. The molecule has 22 heavy (non-hydrogen) atoms. The first-order valence-corrected chi connectivity index (χ1v) is 6.47. The molecule has 0 aliphatic rings. The van der Waals surface area contributed by atoms with Crippen molar-refractivity contribution in [1.82, 2.24) is 14.8 Å². The van der Waals surface area contributed by atoms with Gasteiger partial charge in [-0.3, -0.25) is 0 Å². The average Bonchev–Trinajstić information content (AvgIpc) is 2.95. The zero-order valence-corrected chi connectivity index (χ0v) is 11.8. The fourth-order valence-electron chi connectivity index (χ4n) is 2.19. The molecule has 114 valence electrons. The number of aryl methyl sites for hydroxylation is 1. The number of pyridine rings is 1. The van der Waals surface area contributed by atoms with E-state index in [0.29, 0.717) is 17.1 Å². The van der Waals surface area contributed by atoms with Gasteiger partial charge in [0.15, 0.2) is 11.5 Å². The van der Waals surface area contributed by atoms with Crippen molar-refractivity contribution in [1.29, 1.82) is 0 Å². The Kier molecular flexibility index (Phi) is 3.27. The number of alkyl halides is 3. The normalized spacial score (nSPS) is 11.9. The monoisotopic (exact) mass is 307 g/mol. The van der Waals surface area contributed by atoms with Gasteiger partial charge in [0.05, 0.1) is 12.6 Å². The zero-order chi connectivity index (χ0) is 15.9. The summed E-state index contributed by atoms with van der Waals surface area (Å²) in [5, 5.41) is 4.44. The smallest absolute Gasteiger partial charge is 0.435 e. The zero-order valence-electron chi connectivity index (χ0n) is 11.8. The van der Waals surface area contributed by atoms with Crippen LogP contribution in [0.15, 0.2) is 36.5 Å². The van der Waals surface area contributed by atoms with E-state index in [1.165, 1.54) is 6.20 Å². The quantitative estimate of drug-likeness (QED) is 0.724. The first-order valence-electron chi connectivity index (χ1n) is 6.47. The molecule has 0 aliphatic heterocycles. The van der Waals surface area contributed by atoms with Crippen LogP contribution in [0.2, 0.25) is 0 Å². The highest BCUT2D eigenvalue weighted by molar-refractivity contribution is 5.82. The van der Waals surface area contributed by atoms with Gasteiger partial charge in [-0.2, -0.15) is 18.3 Å². The molecule has 4 nitrogen and oxygen atoms in total. The lowest BCUT2D eigenvalue weighted by molar-refractivity contribution is -0.141. The summed E-state index contributed by atoms with van der Waals surface area (Å²) in [6.45, 7) is 1.78. The number of aromatic nitrogens is 3. The Bertz CT molecular complexity index is 840. The Morgan fingerprint density at radius 2 is 1.91 bits per heavy atom. The van der Waals surface area contributed by atoms with Crippen molar-refractivity contribution >= 4 is 10.9 Å². The lowest BCUT2D eigenvalue weighted by Crippen LogP contribution is -2.08. The summed E-state index contributed by atoms with van der Waals surface area (Å²) in [6.07, 6.45) is -3.22. The summed E-state index contributed by atoms with van der Waals surface area (Å²) < 4.78 is 44.2. The second kappa shape index (κ2) is 5.01. The van der Waals surface area contributed by atoms with E-state index in [0.717, 1.165) is 21.7 Å². The number of benzene rings is 1. The van der Waals surface area contributed by atoms with Crippen LogP contribution in [0.3, 0.4) is 0 Å². The maximum atomic E-state index is 12.7. The number of halogens is 3. The first kappa shape index (κ1) is 14.4. The predicted molar refractivity (Wildman–Crippen MR) is 75.2 cm³/mol. The summed E-state index contributed by atoms with van der Waals surface area (Å²) in [7, 11) is 1.54. The van der Waals surface area contributed by atoms with Crippen molar-refractivity contribution in [2.75, 3.05) is 7.11 Å². The molecule has 0 atom stereocenters. The Morgan fingerprint density at radius 1 is 1.14 bits per heavy atom. The third kappa shape index (κ3) is 2.49. The van der Waals surface area contributed by atoms with Gasteiger partial charge < -0.3 is 4.74 Å². The maximum Gasteiger partial charge on any atom is 0.435 e. The molecular weight excluding hydrogens is 295 g/mol. The Morgan fingerprint density at radius 3 is 2.55 bits per heavy atom. The lowest BCUT2D eigenvalue weighted by atomic mass is 10.1. The SMILES string of the molecule is COc1ccc2cc(C)c(-n3ccc(C(F)(F)F)n3)nc2c1. The van der Waals surface area contributed by atoms with Crippen LogP contribution < -0.4 is 4.74 Å². The highest BCUT2D eigenvalue weighted by Crippen LogP contribution is 2.28. The molecule has 0 bridgehead atoms. The third-order valence-electron chi connectivity index (χ3n) is 3.29. The molecule has 0 fully saturated rings. The molecule has 3 aromatic rings. The summed E-state index contributed by atoms with van der Waals surface area (Å²) in [5.74, 6) is 0.988. The van der Waals surface area contributed by atoms with Crippen molar-refractivity contribution in [3.8, 4) is 11.6 Å². The van der Waals surface area contributed by atoms with Crippen molar-refractivity contribution in [2.45, 2.75) is 13.1 Å². The standard InChI is InChI=1S/C15H12F3N3O/c1-9-7-10-3-4-11(22-2)8-12(10)19-14(9)21-6-5-13(20-21)15(16,17)18/h3-8H,1-2H3. The lowest BCUT2D eigenvalue weighted by Gasteiger charge is -2.08. The van der Waals surface area contributed by atoms with Gasteiger partial charge in [-0.15, -0.1) is 0 Å². The fourth-order valence-corrected chi connectivity index (χ4v) is 2.19. The second-order valence-electron chi connectivity index (χ2n) is 4.83. The van der Waals surface area contributed by atoms with Crippen LogP contribution in [0.25, 0.3) is 16.7 Å². The molecule has 0 saturated heterocycles. The van der Waals surface area contributed by atoms with E-state index in [-0.39, 0.29) is 0 Å². The summed E-state index contributed by atoms with van der Waals surface area (Å²) in [4.78, 5) is 4.40. The molecule has 0 spiro atoms. The van der Waals surface area contributed by atoms with Crippen LogP contribution in [0.1, 0.15) is 11.3 Å². The molecule has 0 saturated carbocycles. The van der Waals surface area contributed by atoms with Crippen LogP contribution in [0, 0.1) is 6.92 Å². The van der Waals surface area contributed by atoms with Crippen LogP contribution >= 0.6 is 0 Å². The topological polar surface area (TPSA) is 39.9 Å². The van der Waals surface area contributed by atoms with Gasteiger partial charge in [0.2, 0.25) is 0 Å². The molecule has 3 rings (SSSR count). The summed E-state index contributed by atoms with van der Waals surface area (Å²) >= 11 is 0. The number of methoxy groups -OCH3 is 1. The van der Waals surface area contributed by atoms with E-state index in [1.54, 1.807) is 26.2 Å². The van der Waals surface area contributed by atoms with Crippen LogP contribution in [0.4, 0.5) is 13.2 Å².